The third-order valence-electron chi connectivity index (χ3n) is 3.79. The Labute approximate surface area is 152 Å². The second kappa shape index (κ2) is 11.9. The van der Waals surface area contributed by atoms with Crippen molar-refractivity contribution < 1.29 is 9.84 Å². The first-order chi connectivity index (χ1) is 11.9. The van der Waals surface area contributed by atoms with Crippen LogP contribution in [0, 0.1) is 12.8 Å². The van der Waals surface area contributed by atoms with E-state index in [1.54, 1.807) is 0 Å². The number of aryl methyl sites for hydroxylation is 1. The van der Waals surface area contributed by atoms with Gasteiger partial charge in [-0.15, -0.1) is 0 Å². The lowest BCUT2D eigenvalue weighted by Crippen LogP contribution is -2.39. The van der Waals surface area contributed by atoms with Gasteiger partial charge in [-0.1, -0.05) is 50.6 Å². The van der Waals surface area contributed by atoms with E-state index >= 15 is 0 Å². The molecule has 3 N–H and O–H groups in total. The molecule has 25 heavy (non-hydrogen) atoms. The first-order valence-corrected chi connectivity index (χ1v) is 9.26. The summed E-state index contributed by atoms with van der Waals surface area (Å²) in [4.78, 5) is 4.46. The standard InChI is InChI=1S/C20H35N3O2/c1-6-21-20(23-12-19(24)14-25-13-15(2)3)22-11-17(5)18-9-7-16(4)8-10-18/h7-10,15,17,19,24H,6,11-14H2,1-5H3,(H2,21,22,23). The van der Waals surface area contributed by atoms with Crippen LogP contribution in [0.4, 0.5) is 0 Å². The Balaban J connectivity index is 2.45. The number of rotatable bonds is 10. The van der Waals surface area contributed by atoms with E-state index in [1.807, 2.05) is 6.92 Å². The molecule has 1 rings (SSSR count). The average Bonchev–Trinajstić information content (AvgIpc) is 2.57. The predicted octanol–water partition coefficient (Wildman–Crippen LogP) is 2.69. The number of nitrogens with zero attached hydrogens (tertiary/aromatic N) is 1. The summed E-state index contributed by atoms with van der Waals surface area (Å²) in [7, 11) is 0. The van der Waals surface area contributed by atoms with Gasteiger partial charge in [-0.25, -0.2) is 0 Å². The van der Waals surface area contributed by atoms with Crippen molar-refractivity contribution in [2.45, 2.75) is 46.6 Å². The molecule has 0 amide bonds. The summed E-state index contributed by atoms with van der Waals surface area (Å²) >= 11 is 0. The van der Waals surface area contributed by atoms with Gasteiger partial charge in [-0.3, -0.25) is 4.99 Å². The maximum Gasteiger partial charge on any atom is 0.191 e. The van der Waals surface area contributed by atoms with Crippen molar-refractivity contribution in [3.63, 3.8) is 0 Å². The van der Waals surface area contributed by atoms with Gasteiger partial charge < -0.3 is 20.5 Å². The number of aliphatic hydroxyl groups is 1. The maximum atomic E-state index is 9.97. The van der Waals surface area contributed by atoms with Gasteiger partial charge in [0.25, 0.3) is 0 Å². The molecule has 1 aromatic carbocycles. The van der Waals surface area contributed by atoms with E-state index in [2.05, 4.69) is 67.6 Å². The van der Waals surface area contributed by atoms with Gasteiger partial charge in [0.05, 0.1) is 19.3 Å². The van der Waals surface area contributed by atoms with E-state index in [9.17, 15) is 5.11 Å². The van der Waals surface area contributed by atoms with Crippen LogP contribution >= 0.6 is 0 Å². The van der Waals surface area contributed by atoms with Crippen molar-refractivity contribution in [1.29, 1.82) is 0 Å². The average molecular weight is 350 g/mol. The topological polar surface area (TPSA) is 65.9 Å². The summed E-state index contributed by atoms with van der Waals surface area (Å²) in [6.07, 6.45) is -0.580. The fourth-order valence-electron chi connectivity index (χ4n) is 2.29. The second-order valence-electron chi connectivity index (χ2n) is 7.00. The first-order valence-electron chi connectivity index (χ1n) is 9.26. The van der Waals surface area contributed by atoms with E-state index in [1.165, 1.54) is 11.1 Å². The number of ether oxygens (including phenoxy) is 1. The van der Waals surface area contributed by atoms with Crippen molar-refractivity contribution in [3.8, 4) is 0 Å². The van der Waals surface area contributed by atoms with Crippen LogP contribution in [0.1, 0.15) is 44.7 Å². The molecule has 1 aromatic rings. The smallest absolute Gasteiger partial charge is 0.191 e. The summed E-state index contributed by atoms with van der Waals surface area (Å²) in [6, 6.07) is 8.61. The number of hydrogen-bond donors (Lipinski definition) is 3. The third kappa shape index (κ3) is 9.46. The molecule has 0 saturated heterocycles. The highest BCUT2D eigenvalue weighted by Gasteiger charge is 2.08. The van der Waals surface area contributed by atoms with Crippen LogP contribution in [0.2, 0.25) is 0 Å². The Bertz CT molecular complexity index is 500. The molecule has 0 fully saturated rings. The fourth-order valence-corrected chi connectivity index (χ4v) is 2.29. The first kappa shape index (κ1) is 21.5. The largest absolute Gasteiger partial charge is 0.389 e. The zero-order valence-electron chi connectivity index (χ0n) is 16.4. The number of aliphatic hydroxyl groups excluding tert-OH is 1. The Hall–Kier alpha value is -1.59. The molecular weight excluding hydrogens is 314 g/mol. The molecule has 0 saturated carbocycles. The van der Waals surface area contributed by atoms with Crippen LogP contribution in [0.15, 0.2) is 29.3 Å². The molecule has 0 aliphatic heterocycles. The van der Waals surface area contributed by atoms with E-state index in [0.717, 1.165) is 19.0 Å². The van der Waals surface area contributed by atoms with Crippen molar-refractivity contribution in [2.75, 3.05) is 32.8 Å². The quantitative estimate of drug-likeness (QED) is 0.449. The van der Waals surface area contributed by atoms with Gasteiger partial charge in [0.15, 0.2) is 5.96 Å². The highest BCUT2D eigenvalue weighted by molar-refractivity contribution is 5.79. The molecule has 0 heterocycles. The normalized spacial score (nSPS) is 14.4. The highest BCUT2D eigenvalue weighted by atomic mass is 16.5. The molecule has 0 spiro atoms. The van der Waals surface area contributed by atoms with E-state index in [0.29, 0.717) is 31.6 Å². The Morgan fingerprint density at radius 2 is 1.80 bits per heavy atom. The number of guanidine groups is 1. The third-order valence-corrected chi connectivity index (χ3v) is 3.79. The van der Waals surface area contributed by atoms with Gasteiger partial charge in [0.1, 0.15) is 0 Å². The summed E-state index contributed by atoms with van der Waals surface area (Å²) in [5, 5.41) is 16.5. The van der Waals surface area contributed by atoms with Crippen LogP contribution in [0.3, 0.4) is 0 Å². The van der Waals surface area contributed by atoms with Gasteiger partial charge in [0.2, 0.25) is 0 Å². The Morgan fingerprint density at radius 1 is 1.12 bits per heavy atom. The minimum absolute atomic E-state index is 0.320. The molecule has 0 aliphatic rings. The second-order valence-corrected chi connectivity index (χ2v) is 7.00. The summed E-state index contributed by atoms with van der Waals surface area (Å²) in [5.74, 6) is 1.58. The van der Waals surface area contributed by atoms with Crippen LogP contribution in [0.5, 0.6) is 0 Å². The fraction of sp³-hybridized carbons (Fsp3) is 0.650. The summed E-state index contributed by atoms with van der Waals surface area (Å²) < 4.78 is 5.45. The van der Waals surface area contributed by atoms with E-state index < -0.39 is 6.10 Å². The number of benzene rings is 1. The molecule has 5 nitrogen and oxygen atoms in total. The van der Waals surface area contributed by atoms with Crippen LogP contribution < -0.4 is 10.6 Å². The molecule has 0 aromatic heterocycles. The van der Waals surface area contributed by atoms with Gasteiger partial charge in [0, 0.05) is 19.7 Å². The molecular formula is C20H35N3O2. The Morgan fingerprint density at radius 3 is 2.40 bits per heavy atom. The summed E-state index contributed by atoms with van der Waals surface area (Å²) in [6.45, 7) is 13.4. The molecule has 142 valence electrons. The van der Waals surface area contributed by atoms with Crippen LogP contribution in [-0.2, 0) is 4.74 Å². The van der Waals surface area contributed by atoms with E-state index in [4.69, 9.17) is 4.74 Å². The lowest BCUT2D eigenvalue weighted by atomic mass is 10.0. The monoisotopic (exact) mass is 349 g/mol. The summed E-state index contributed by atoms with van der Waals surface area (Å²) in [5.41, 5.74) is 2.57. The van der Waals surface area contributed by atoms with Gasteiger partial charge in [-0.05, 0) is 31.2 Å². The van der Waals surface area contributed by atoms with Crippen molar-refractivity contribution in [1.82, 2.24) is 10.6 Å². The molecule has 0 bridgehead atoms. The van der Waals surface area contributed by atoms with Crippen molar-refractivity contribution >= 4 is 5.96 Å². The van der Waals surface area contributed by atoms with Crippen LogP contribution in [-0.4, -0.2) is 50.0 Å². The Kier molecular flexibility index (Phi) is 10.2. The highest BCUT2D eigenvalue weighted by Crippen LogP contribution is 2.14. The maximum absolute atomic E-state index is 9.97. The van der Waals surface area contributed by atoms with Crippen LogP contribution in [0.25, 0.3) is 0 Å². The minimum Gasteiger partial charge on any atom is -0.389 e. The molecule has 5 heteroatoms. The van der Waals surface area contributed by atoms with Gasteiger partial charge in [-0.2, -0.15) is 0 Å². The minimum atomic E-state index is -0.580. The molecule has 2 atom stereocenters. The molecule has 2 unspecified atom stereocenters. The van der Waals surface area contributed by atoms with Gasteiger partial charge >= 0.3 is 0 Å². The zero-order valence-corrected chi connectivity index (χ0v) is 16.4. The number of hydrogen-bond acceptors (Lipinski definition) is 3. The number of nitrogens with one attached hydrogen (secondary N) is 2. The zero-order chi connectivity index (χ0) is 18.7. The predicted molar refractivity (Wildman–Crippen MR) is 105 cm³/mol. The molecule has 0 aliphatic carbocycles. The lowest BCUT2D eigenvalue weighted by molar-refractivity contribution is 0.0301. The lowest BCUT2D eigenvalue weighted by Gasteiger charge is -2.17. The van der Waals surface area contributed by atoms with Crippen molar-refractivity contribution in [3.05, 3.63) is 35.4 Å². The van der Waals surface area contributed by atoms with E-state index in [-0.39, 0.29) is 0 Å². The number of aliphatic imine (C=N–C) groups is 1. The van der Waals surface area contributed by atoms with Crippen molar-refractivity contribution in [2.24, 2.45) is 10.9 Å². The SMILES string of the molecule is CCNC(=NCC(O)COCC(C)C)NCC(C)c1ccc(C)cc1. The molecule has 0 radical (unpaired) electrons.